The van der Waals surface area contributed by atoms with Crippen LogP contribution in [-0.2, 0) is 9.53 Å². The Kier molecular flexibility index (Phi) is 6.02. The van der Waals surface area contributed by atoms with Gasteiger partial charge < -0.3 is 15.2 Å². The van der Waals surface area contributed by atoms with Gasteiger partial charge in [-0.2, -0.15) is 0 Å². The van der Waals surface area contributed by atoms with Gasteiger partial charge in [0.1, 0.15) is 5.60 Å². The molecule has 0 aromatic heterocycles. The standard InChI is InChI=1S/C30H47NO3/c1-18(17-31-20(3)32)7-10-26-19(2)27-29(5)14-12-24-23(25(29)16-30(27,6)34-26)9-8-21-15-22(33)11-13-28(21,24)4/h8,18,22-25,27,33H,7,9-17H2,1-6H3,(H,31,32)/t18-,22+,23+,24-,25+,27-,28+,29+,30-/m1/s1. The highest BCUT2D eigenvalue weighted by molar-refractivity contribution is 5.72. The number of ether oxygens (including phenoxy) is 1. The molecule has 1 heterocycles. The molecule has 0 saturated heterocycles. The Morgan fingerprint density at radius 2 is 2.00 bits per heavy atom. The predicted molar refractivity (Wildman–Crippen MR) is 136 cm³/mol. The lowest BCUT2D eigenvalue weighted by molar-refractivity contribution is -0.119. The van der Waals surface area contributed by atoms with Crippen molar-refractivity contribution >= 4 is 5.91 Å². The van der Waals surface area contributed by atoms with E-state index < -0.39 is 0 Å². The smallest absolute Gasteiger partial charge is 0.216 e. The second-order valence-corrected chi connectivity index (χ2v) is 13.4. The van der Waals surface area contributed by atoms with Gasteiger partial charge in [0.05, 0.1) is 11.9 Å². The third-order valence-electron chi connectivity index (χ3n) is 11.2. The first-order valence-electron chi connectivity index (χ1n) is 14.0. The highest BCUT2D eigenvalue weighted by atomic mass is 16.5. The van der Waals surface area contributed by atoms with Gasteiger partial charge in [0.15, 0.2) is 0 Å². The van der Waals surface area contributed by atoms with Crippen LogP contribution in [0.5, 0.6) is 0 Å². The number of hydrogen-bond donors (Lipinski definition) is 2. The first-order chi connectivity index (χ1) is 16.0. The molecule has 4 nitrogen and oxygen atoms in total. The van der Waals surface area contributed by atoms with Gasteiger partial charge in [0, 0.05) is 25.8 Å². The summed E-state index contributed by atoms with van der Waals surface area (Å²) in [5.41, 5.74) is 3.62. The van der Waals surface area contributed by atoms with Crippen molar-refractivity contribution in [3.05, 3.63) is 23.0 Å². The molecule has 0 aromatic rings. The molecule has 0 aromatic carbocycles. The molecule has 0 bridgehead atoms. The Labute approximate surface area is 207 Å². The largest absolute Gasteiger partial charge is 0.491 e. The normalized spacial score (nSPS) is 46.0. The maximum atomic E-state index is 11.3. The predicted octanol–water partition coefficient (Wildman–Crippen LogP) is 6.15. The number of rotatable bonds is 5. The number of hydrogen-bond acceptors (Lipinski definition) is 3. The number of carbonyl (C=O) groups excluding carboxylic acids is 1. The van der Waals surface area contributed by atoms with E-state index in [0.29, 0.717) is 22.7 Å². The first-order valence-corrected chi connectivity index (χ1v) is 14.0. The van der Waals surface area contributed by atoms with Gasteiger partial charge in [-0.25, -0.2) is 0 Å². The molecule has 4 aliphatic carbocycles. The Balaban J connectivity index is 1.34. The van der Waals surface area contributed by atoms with Crippen molar-refractivity contribution in [3.8, 4) is 0 Å². The van der Waals surface area contributed by atoms with E-state index in [1.54, 1.807) is 12.5 Å². The van der Waals surface area contributed by atoms with Crippen molar-refractivity contribution in [2.75, 3.05) is 6.54 Å². The van der Waals surface area contributed by atoms with Crippen molar-refractivity contribution in [2.45, 2.75) is 111 Å². The molecule has 34 heavy (non-hydrogen) atoms. The van der Waals surface area contributed by atoms with Crippen LogP contribution in [0.3, 0.4) is 0 Å². The highest BCUT2D eigenvalue weighted by Gasteiger charge is 2.67. The number of allylic oxidation sites excluding steroid dienone is 2. The lowest BCUT2D eigenvalue weighted by atomic mass is 9.47. The number of aliphatic hydroxyl groups excluding tert-OH is 1. The van der Waals surface area contributed by atoms with Crippen molar-refractivity contribution in [3.63, 3.8) is 0 Å². The van der Waals surface area contributed by atoms with Crippen LogP contribution in [0.2, 0.25) is 0 Å². The lowest BCUT2D eigenvalue weighted by Gasteiger charge is -2.57. The molecule has 2 N–H and O–H groups in total. The van der Waals surface area contributed by atoms with Crippen molar-refractivity contribution in [2.24, 2.45) is 40.4 Å². The highest BCUT2D eigenvalue weighted by Crippen LogP contribution is 2.71. The molecule has 0 radical (unpaired) electrons. The van der Waals surface area contributed by atoms with E-state index >= 15 is 0 Å². The van der Waals surface area contributed by atoms with Gasteiger partial charge in [-0.05, 0) is 105 Å². The van der Waals surface area contributed by atoms with E-state index in [9.17, 15) is 9.90 Å². The van der Waals surface area contributed by atoms with Crippen LogP contribution in [0.1, 0.15) is 99.3 Å². The summed E-state index contributed by atoms with van der Waals surface area (Å²) in [5, 5.41) is 13.3. The second kappa shape index (κ2) is 8.39. The molecule has 5 aliphatic rings. The zero-order valence-electron chi connectivity index (χ0n) is 22.4. The average molecular weight is 470 g/mol. The summed E-state index contributed by atoms with van der Waals surface area (Å²) in [6.07, 6.45) is 12.5. The van der Waals surface area contributed by atoms with Crippen LogP contribution >= 0.6 is 0 Å². The van der Waals surface area contributed by atoms with E-state index in [2.05, 4.69) is 46.0 Å². The van der Waals surface area contributed by atoms with Gasteiger partial charge in [0.25, 0.3) is 0 Å². The molecule has 9 atom stereocenters. The maximum Gasteiger partial charge on any atom is 0.216 e. The van der Waals surface area contributed by atoms with Crippen LogP contribution < -0.4 is 5.32 Å². The Morgan fingerprint density at radius 3 is 2.74 bits per heavy atom. The average Bonchev–Trinajstić information content (AvgIpc) is 3.17. The zero-order valence-corrected chi connectivity index (χ0v) is 22.4. The maximum absolute atomic E-state index is 11.3. The molecule has 1 amide bonds. The van der Waals surface area contributed by atoms with Crippen LogP contribution in [0.25, 0.3) is 0 Å². The summed E-state index contributed by atoms with van der Waals surface area (Å²) in [5.74, 6) is 4.51. The summed E-state index contributed by atoms with van der Waals surface area (Å²) in [4.78, 5) is 11.3. The molecule has 1 aliphatic heterocycles. The van der Waals surface area contributed by atoms with Crippen LogP contribution in [0, 0.1) is 40.4 Å². The minimum absolute atomic E-state index is 0.0546. The Morgan fingerprint density at radius 1 is 1.24 bits per heavy atom. The summed E-state index contributed by atoms with van der Waals surface area (Å²) >= 11 is 0. The Hall–Kier alpha value is -1.29. The lowest BCUT2D eigenvalue weighted by Crippen LogP contribution is -2.50. The fourth-order valence-electron chi connectivity index (χ4n) is 9.61. The number of nitrogens with one attached hydrogen (secondary N) is 1. The van der Waals surface area contributed by atoms with Gasteiger partial charge in [-0.1, -0.05) is 32.4 Å². The summed E-state index contributed by atoms with van der Waals surface area (Å²) in [6, 6.07) is 0. The van der Waals surface area contributed by atoms with Gasteiger partial charge in [-0.3, -0.25) is 4.79 Å². The minimum Gasteiger partial charge on any atom is -0.491 e. The minimum atomic E-state index is -0.130. The number of carbonyl (C=O) groups is 1. The quantitative estimate of drug-likeness (QED) is 0.475. The van der Waals surface area contributed by atoms with Crippen LogP contribution in [0.4, 0.5) is 0 Å². The SMILES string of the molecule is CC(=O)NC[C@H](C)CCC1=C(C)[C@@H]2[C@@]3(C)CC[C@@H]4[C@H](CC=C5C[C@@H](O)CC[C@@]54C)[C@@H]3C[C@@]2(C)O1. The molecule has 4 heteroatoms. The number of fused-ring (bicyclic) bond motifs is 7. The molecule has 190 valence electrons. The molecular formula is C30H47NO3. The third kappa shape index (κ3) is 3.69. The summed E-state index contributed by atoms with van der Waals surface area (Å²) in [7, 11) is 0. The van der Waals surface area contributed by atoms with E-state index in [1.807, 2.05) is 0 Å². The topological polar surface area (TPSA) is 58.6 Å². The van der Waals surface area contributed by atoms with Crippen molar-refractivity contribution in [1.29, 1.82) is 0 Å². The fourth-order valence-corrected chi connectivity index (χ4v) is 9.61. The van der Waals surface area contributed by atoms with Gasteiger partial charge >= 0.3 is 0 Å². The second-order valence-electron chi connectivity index (χ2n) is 13.4. The van der Waals surface area contributed by atoms with E-state index in [4.69, 9.17) is 4.74 Å². The monoisotopic (exact) mass is 469 g/mol. The zero-order chi connectivity index (χ0) is 24.5. The number of amides is 1. The Bertz CT molecular complexity index is 907. The van der Waals surface area contributed by atoms with Crippen LogP contribution in [0.15, 0.2) is 23.0 Å². The molecule has 5 rings (SSSR count). The van der Waals surface area contributed by atoms with E-state index in [0.717, 1.165) is 56.4 Å². The molecular weight excluding hydrogens is 422 g/mol. The van der Waals surface area contributed by atoms with Gasteiger partial charge in [-0.15, -0.1) is 0 Å². The van der Waals surface area contributed by atoms with E-state index in [1.165, 1.54) is 37.0 Å². The van der Waals surface area contributed by atoms with Gasteiger partial charge in [0.2, 0.25) is 5.91 Å². The van der Waals surface area contributed by atoms with Crippen molar-refractivity contribution in [1.82, 2.24) is 5.32 Å². The molecule has 0 spiro atoms. The molecule has 3 fully saturated rings. The first kappa shape index (κ1) is 24.4. The summed E-state index contributed by atoms with van der Waals surface area (Å²) in [6.45, 7) is 14.4. The van der Waals surface area contributed by atoms with Crippen molar-refractivity contribution < 1.29 is 14.6 Å². The molecule has 0 unspecified atom stereocenters. The molecule has 3 saturated carbocycles. The number of aliphatic hydroxyl groups is 1. The third-order valence-corrected chi connectivity index (χ3v) is 11.2. The fraction of sp³-hybridized carbons (Fsp3) is 0.833. The summed E-state index contributed by atoms with van der Waals surface area (Å²) < 4.78 is 6.89. The van der Waals surface area contributed by atoms with Crippen LogP contribution in [-0.4, -0.2) is 29.3 Å². The van der Waals surface area contributed by atoms with E-state index in [-0.39, 0.29) is 17.6 Å².